The van der Waals surface area contributed by atoms with E-state index in [1.165, 1.54) is 18.6 Å². The van der Waals surface area contributed by atoms with Crippen LogP contribution in [-0.2, 0) is 0 Å². The van der Waals surface area contributed by atoms with Gasteiger partial charge in [0, 0.05) is 25.4 Å². The molecule has 1 aromatic carbocycles. The van der Waals surface area contributed by atoms with Crippen molar-refractivity contribution in [2.75, 3.05) is 24.7 Å². The van der Waals surface area contributed by atoms with Gasteiger partial charge < -0.3 is 20.6 Å². The maximum Gasteiger partial charge on any atom is 0.188 e. The van der Waals surface area contributed by atoms with E-state index in [1.54, 1.807) is 6.07 Å². The highest BCUT2D eigenvalue weighted by Gasteiger charge is 2.28. The summed E-state index contributed by atoms with van der Waals surface area (Å²) in [5.41, 5.74) is 2.64. The summed E-state index contributed by atoms with van der Waals surface area (Å²) in [6.45, 7) is 28.6. The second-order valence-corrected chi connectivity index (χ2v) is 10.4. The molecule has 3 N–H and O–H groups in total. The van der Waals surface area contributed by atoms with Crippen molar-refractivity contribution in [2.24, 2.45) is 5.41 Å². The zero-order chi connectivity index (χ0) is 31.5. The second kappa shape index (κ2) is 20.7. The minimum atomic E-state index is -0.283. The molecule has 0 aliphatic heterocycles. The molecule has 0 radical (unpaired) electrons. The first-order valence-electron chi connectivity index (χ1n) is 14.0. The van der Waals surface area contributed by atoms with Gasteiger partial charge in [-0.15, -0.1) is 13.2 Å². The lowest BCUT2D eigenvalue weighted by molar-refractivity contribution is 0.346. The monoisotopic (exact) mass is 575 g/mol. The lowest BCUT2D eigenvalue weighted by Gasteiger charge is -2.32. The van der Waals surface area contributed by atoms with E-state index in [4.69, 9.17) is 0 Å². The van der Waals surface area contributed by atoms with Crippen molar-refractivity contribution in [3.63, 3.8) is 0 Å². The Morgan fingerprint density at radius 3 is 2.10 bits per heavy atom. The van der Waals surface area contributed by atoms with Crippen molar-refractivity contribution in [1.29, 1.82) is 0 Å². The van der Waals surface area contributed by atoms with Crippen molar-refractivity contribution in [3.05, 3.63) is 84.2 Å². The fourth-order valence-electron chi connectivity index (χ4n) is 3.47. The van der Waals surface area contributed by atoms with Crippen LogP contribution < -0.4 is 10.6 Å². The van der Waals surface area contributed by atoms with Crippen molar-refractivity contribution >= 4 is 23.4 Å². The number of allylic oxidation sites excluding steroid dienone is 2. The number of halogens is 1. The third-order valence-electron chi connectivity index (χ3n) is 5.26. The van der Waals surface area contributed by atoms with Gasteiger partial charge in [0.1, 0.15) is 11.6 Å². The van der Waals surface area contributed by atoms with Crippen LogP contribution in [0.4, 0.5) is 16.0 Å². The summed E-state index contributed by atoms with van der Waals surface area (Å²) in [4.78, 5) is 1.88. The van der Waals surface area contributed by atoms with Gasteiger partial charge in [0.15, 0.2) is 11.6 Å². The Bertz CT molecular complexity index is 1050. The number of likely N-dealkylation sites (N-methyl/N-ethyl adjacent to an activating group) is 1. The molecule has 0 saturated carbocycles. The zero-order valence-corrected chi connectivity index (χ0v) is 27.6. The number of rotatable bonds is 10. The molecule has 226 valence electrons. The van der Waals surface area contributed by atoms with Gasteiger partial charge in [-0.1, -0.05) is 93.5 Å². The zero-order valence-electron chi connectivity index (χ0n) is 26.8. The number of nitrogens with one attached hydrogen (secondary N) is 2. The summed E-state index contributed by atoms with van der Waals surface area (Å²) in [7, 11) is 3.79. The number of hydrogen-bond acceptors (Lipinski definition) is 7. The molecule has 0 fully saturated rings. The van der Waals surface area contributed by atoms with E-state index in [0.717, 1.165) is 28.6 Å². The molecule has 6 nitrogen and oxygen atoms in total. The Morgan fingerprint density at radius 2 is 1.65 bits per heavy atom. The van der Waals surface area contributed by atoms with Crippen molar-refractivity contribution < 1.29 is 9.50 Å². The molecular weight excluding hydrogens is 521 g/mol. The van der Waals surface area contributed by atoms with Crippen LogP contribution in [0, 0.1) is 11.2 Å². The molecule has 1 atom stereocenters. The van der Waals surface area contributed by atoms with Gasteiger partial charge >= 0.3 is 0 Å². The van der Waals surface area contributed by atoms with Gasteiger partial charge in [0.2, 0.25) is 0 Å². The number of benzene rings is 1. The van der Waals surface area contributed by atoms with E-state index < -0.39 is 0 Å². The normalized spacial score (nSPS) is 12.2. The minimum absolute atomic E-state index is 0.134. The first-order chi connectivity index (χ1) is 18.9. The Kier molecular flexibility index (Phi) is 20.2. The summed E-state index contributed by atoms with van der Waals surface area (Å²) < 4.78 is 22.8. The Balaban J connectivity index is 0. The molecule has 1 aromatic heterocycles. The van der Waals surface area contributed by atoms with Gasteiger partial charge in [-0.25, -0.2) is 4.39 Å². The Hall–Kier alpha value is -3.13. The Morgan fingerprint density at radius 1 is 1.10 bits per heavy atom. The second-order valence-electron chi connectivity index (χ2n) is 9.84. The van der Waals surface area contributed by atoms with E-state index in [9.17, 15) is 9.50 Å². The number of hydrogen-bond donors (Lipinski definition) is 3. The predicted octanol–water partition coefficient (Wildman–Crippen LogP) is 10.1. The number of aliphatic hydroxyl groups excluding tert-OH is 1. The maximum atomic E-state index is 13.9. The maximum absolute atomic E-state index is 13.9. The van der Waals surface area contributed by atoms with Gasteiger partial charge in [0.05, 0.1) is 23.5 Å². The van der Waals surface area contributed by atoms with Gasteiger partial charge in [-0.05, 0) is 36.0 Å². The summed E-state index contributed by atoms with van der Waals surface area (Å²) in [5, 5.41) is 17.8. The van der Waals surface area contributed by atoms with E-state index in [1.807, 2.05) is 58.8 Å². The summed E-state index contributed by atoms with van der Waals surface area (Å²) in [6.07, 6.45) is 4.49. The summed E-state index contributed by atoms with van der Waals surface area (Å²) in [5.74, 6) is 0.899. The standard InChI is InChI=1S/C25H36FN5OS.C3H8.C2H6.C2H4/c1-9-12-20(21(32)19(10-2)16(3)31(7)8)27-23-24(30-33-29-23)28-22(25(4,5)6)17-13-11-14-18(26)15-17;1-3-2;2*1-2/h11-15,22,32H,3,9-10H2,1-2,4-8H3,(H,27,29)(H,28,30);3H2,1-2H3;1-2H3;1-2H2/b20-12+,21-19-;;;. The first kappa shape index (κ1) is 39.0. The molecule has 1 heterocycles. The van der Waals surface area contributed by atoms with Crippen molar-refractivity contribution in [2.45, 2.75) is 87.6 Å². The quantitative estimate of drug-likeness (QED) is 0.149. The van der Waals surface area contributed by atoms with Crippen LogP contribution >= 0.6 is 11.7 Å². The molecule has 0 spiro atoms. The Labute approximate surface area is 248 Å². The third-order valence-corrected chi connectivity index (χ3v) is 5.79. The van der Waals surface area contributed by atoms with Crippen LogP contribution in [0.3, 0.4) is 0 Å². The van der Waals surface area contributed by atoms with Crippen LogP contribution in [0.2, 0.25) is 0 Å². The highest BCUT2D eigenvalue weighted by Crippen LogP contribution is 2.38. The molecular formula is C32H54FN5OS. The molecule has 0 aliphatic rings. The molecule has 2 aromatic rings. The van der Waals surface area contributed by atoms with E-state index in [0.29, 0.717) is 30.2 Å². The van der Waals surface area contributed by atoms with Crippen molar-refractivity contribution in [1.82, 2.24) is 13.6 Å². The van der Waals surface area contributed by atoms with Crippen LogP contribution in [-0.4, -0.2) is 32.8 Å². The van der Waals surface area contributed by atoms with Gasteiger partial charge in [0.25, 0.3) is 0 Å². The van der Waals surface area contributed by atoms with E-state index in [-0.39, 0.29) is 23.0 Å². The molecule has 2 rings (SSSR count). The number of aromatic nitrogens is 2. The van der Waals surface area contributed by atoms with Crippen molar-refractivity contribution in [3.8, 4) is 0 Å². The van der Waals surface area contributed by atoms with Gasteiger partial charge in [-0.3, -0.25) is 0 Å². The average molecular weight is 576 g/mol. The number of aliphatic hydroxyl groups is 1. The van der Waals surface area contributed by atoms with Crippen LogP contribution in [0.1, 0.15) is 93.2 Å². The summed E-state index contributed by atoms with van der Waals surface area (Å²) >= 11 is 1.06. The summed E-state index contributed by atoms with van der Waals surface area (Å²) in [6, 6.07) is 6.37. The molecule has 0 amide bonds. The highest BCUT2D eigenvalue weighted by atomic mass is 32.1. The molecule has 1 unspecified atom stereocenters. The third kappa shape index (κ3) is 12.8. The molecule has 0 saturated heterocycles. The average Bonchev–Trinajstić information content (AvgIpc) is 3.36. The topological polar surface area (TPSA) is 73.3 Å². The fraction of sp³-hybridized carbons (Fsp3) is 0.500. The number of nitrogens with zero attached hydrogens (tertiary/aromatic N) is 3. The largest absolute Gasteiger partial charge is 0.505 e. The van der Waals surface area contributed by atoms with Crippen LogP contribution in [0.25, 0.3) is 0 Å². The fourth-order valence-corrected chi connectivity index (χ4v) is 3.94. The SMILES string of the molecule is C=C.C=C(/C(CC)=C(O)/C(=C\CC)Nc1nsnc1NC(c1cccc(F)c1)C(C)(C)C)N(C)C.CC.CCC. The van der Waals surface area contributed by atoms with E-state index in [2.05, 4.69) is 73.7 Å². The minimum Gasteiger partial charge on any atom is -0.505 e. The van der Waals surface area contributed by atoms with Gasteiger partial charge in [-0.2, -0.15) is 8.75 Å². The lowest BCUT2D eigenvalue weighted by atomic mass is 9.82. The molecule has 8 heteroatoms. The molecule has 0 bridgehead atoms. The predicted molar refractivity (Wildman–Crippen MR) is 175 cm³/mol. The van der Waals surface area contributed by atoms with Crippen LogP contribution in [0.5, 0.6) is 0 Å². The first-order valence-corrected chi connectivity index (χ1v) is 14.7. The van der Waals surface area contributed by atoms with E-state index >= 15 is 0 Å². The smallest absolute Gasteiger partial charge is 0.188 e. The van der Waals surface area contributed by atoms with Crippen LogP contribution in [0.15, 0.2) is 72.8 Å². The molecule has 40 heavy (non-hydrogen) atoms. The highest BCUT2D eigenvalue weighted by molar-refractivity contribution is 6.99. The molecule has 0 aliphatic carbocycles. The number of anilines is 2. The lowest BCUT2D eigenvalue weighted by Crippen LogP contribution is -2.26.